The van der Waals surface area contributed by atoms with Crippen molar-refractivity contribution in [2.75, 3.05) is 6.54 Å². The number of hydrogen-bond donors (Lipinski definition) is 1. The molecule has 2 atom stereocenters. The molecule has 0 aromatic heterocycles. The number of nitrogens with one attached hydrogen (secondary N) is 1. The van der Waals surface area contributed by atoms with E-state index in [1.54, 1.807) is 4.90 Å². The number of hydrogen-bond acceptors (Lipinski definition) is 2. The molecule has 2 rings (SSSR count). The van der Waals surface area contributed by atoms with Crippen LogP contribution in [-0.4, -0.2) is 23.4 Å². The Morgan fingerprint density at radius 3 is 2.24 bits per heavy atom. The van der Waals surface area contributed by atoms with Crippen LogP contribution in [0.1, 0.15) is 38.1 Å². The van der Waals surface area contributed by atoms with Crippen molar-refractivity contribution >= 4 is 5.91 Å². The smallest absolute Gasteiger partial charge is 0.322 e. The van der Waals surface area contributed by atoms with Crippen molar-refractivity contribution in [2.45, 2.75) is 39.2 Å². The molecule has 1 aliphatic rings. The maximum absolute atomic E-state index is 12.6. The lowest BCUT2D eigenvalue weighted by molar-refractivity contribution is -0.137. The van der Waals surface area contributed by atoms with Crippen LogP contribution in [-0.2, 0) is 11.0 Å². The molecule has 2 unspecified atom stereocenters. The van der Waals surface area contributed by atoms with Crippen molar-refractivity contribution in [3.63, 3.8) is 0 Å². The first-order chi connectivity index (χ1) is 9.75. The number of carbonyl (C=O) groups is 1. The minimum Gasteiger partial charge on any atom is -0.322 e. The summed E-state index contributed by atoms with van der Waals surface area (Å²) in [7, 11) is 0. The monoisotopic (exact) mass is 300 g/mol. The van der Waals surface area contributed by atoms with Gasteiger partial charge < -0.3 is 4.90 Å². The van der Waals surface area contributed by atoms with E-state index in [9.17, 15) is 18.0 Å². The van der Waals surface area contributed by atoms with Crippen molar-refractivity contribution in [1.29, 1.82) is 0 Å². The Labute approximate surface area is 122 Å². The molecule has 21 heavy (non-hydrogen) atoms. The molecule has 1 saturated heterocycles. The van der Waals surface area contributed by atoms with Crippen molar-refractivity contribution in [3.8, 4) is 0 Å². The molecular weight excluding hydrogens is 281 g/mol. The predicted molar refractivity (Wildman–Crippen MR) is 73.3 cm³/mol. The summed E-state index contributed by atoms with van der Waals surface area (Å²) in [6, 6.07) is 4.67. The molecular formula is C15H19F3N2O. The summed E-state index contributed by atoms with van der Waals surface area (Å²) < 4.78 is 37.8. The van der Waals surface area contributed by atoms with Crippen molar-refractivity contribution in [2.24, 2.45) is 5.92 Å². The van der Waals surface area contributed by atoms with Gasteiger partial charge in [0.1, 0.15) is 6.17 Å². The minimum atomic E-state index is -4.34. The normalized spacial score (nSPS) is 23.2. The van der Waals surface area contributed by atoms with Crippen LogP contribution in [0.3, 0.4) is 0 Å². The van der Waals surface area contributed by atoms with E-state index < -0.39 is 11.7 Å². The fourth-order valence-electron chi connectivity index (χ4n) is 2.58. The van der Waals surface area contributed by atoms with E-state index in [-0.39, 0.29) is 24.0 Å². The lowest BCUT2D eigenvalue weighted by atomic mass is 10.0. The summed E-state index contributed by atoms with van der Waals surface area (Å²) in [5.74, 6) is 0.128. The second-order valence-electron chi connectivity index (χ2n) is 5.53. The van der Waals surface area contributed by atoms with Crippen LogP contribution >= 0.6 is 0 Å². The topological polar surface area (TPSA) is 32.3 Å². The van der Waals surface area contributed by atoms with Gasteiger partial charge in [0, 0.05) is 6.54 Å². The summed E-state index contributed by atoms with van der Waals surface area (Å²) in [6.07, 6.45) is -4.71. The zero-order valence-electron chi connectivity index (χ0n) is 12.2. The molecule has 1 aromatic carbocycles. The molecule has 1 aliphatic heterocycles. The largest absolute Gasteiger partial charge is 0.416 e. The van der Waals surface area contributed by atoms with E-state index >= 15 is 0 Å². The number of nitrogens with zero attached hydrogens (tertiary/aromatic N) is 1. The lowest BCUT2D eigenvalue weighted by Crippen LogP contribution is -2.34. The van der Waals surface area contributed by atoms with Crippen LogP contribution in [0.25, 0.3) is 0 Å². The van der Waals surface area contributed by atoms with Gasteiger partial charge in [-0.3, -0.25) is 10.1 Å². The van der Waals surface area contributed by atoms with E-state index in [2.05, 4.69) is 5.32 Å². The van der Waals surface area contributed by atoms with Crippen LogP contribution in [0.15, 0.2) is 24.3 Å². The van der Waals surface area contributed by atoms with E-state index in [0.29, 0.717) is 12.1 Å². The van der Waals surface area contributed by atoms with Gasteiger partial charge in [-0.1, -0.05) is 26.0 Å². The third-order valence-corrected chi connectivity index (χ3v) is 3.76. The average Bonchev–Trinajstić information content (AvgIpc) is 2.75. The third-order valence-electron chi connectivity index (χ3n) is 3.76. The molecule has 6 heteroatoms. The Bertz CT molecular complexity index is 511. The van der Waals surface area contributed by atoms with Gasteiger partial charge in [-0.2, -0.15) is 13.2 Å². The van der Waals surface area contributed by atoms with Crippen molar-refractivity contribution in [1.82, 2.24) is 10.2 Å². The van der Waals surface area contributed by atoms with Gasteiger partial charge in [-0.25, -0.2) is 0 Å². The molecule has 0 aliphatic carbocycles. The van der Waals surface area contributed by atoms with E-state index in [4.69, 9.17) is 0 Å². The molecule has 0 saturated carbocycles. The van der Waals surface area contributed by atoms with E-state index in [1.165, 1.54) is 12.1 Å². The number of likely N-dealkylation sites (N-methyl/N-ethyl adjacent to an activating group) is 1. The van der Waals surface area contributed by atoms with Gasteiger partial charge in [0.25, 0.3) is 0 Å². The predicted octanol–water partition coefficient (Wildman–Crippen LogP) is 3.18. The minimum absolute atomic E-state index is 0.00241. The number of alkyl halides is 3. The molecule has 1 amide bonds. The molecule has 0 spiro atoms. The highest BCUT2D eigenvalue weighted by atomic mass is 19.4. The molecule has 116 valence electrons. The number of rotatable bonds is 3. The Hall–Kier alpha value is -1.56. The second kappa shape index (κ2) is 5.67. The third kappa shape index (κ3) is 3.05. The van der Waals surface area contributed by atoms with Gasteiger partial charge in [-0.15, -0.1) is 0 Å². The highest BCUT2D eigenvalue weighted by molar-refractivity contribution is 5.84. The van der Waals surface area contributed by atoms with E-state index in [0.717, 1.165) is 12.1 Å². The average molecular weight is 300 g/mol. The SMILES string of the molecule is CCN1C(=O)C(C(C)C)NC1c1ccc(C(F)(F)F)cc1. The molecule has 0 bridgehead atoms. The van der Waals surface area contributed by atoms with Gasteiger partial charge >= 0.3 is 6.18 Å². The zero-order valence-corrected chi connectivity index (χ0v) is 12.2. The number of amides is 1. The van der Waals surface area contributed by atoms with Crippen LogP contribution in [0.4, 0.5) is 13.2 Å². The first-order valence-electron chi connectivity index (χ1n) is 6.99. The van der Waals surface area contributed by atoms with Crippen LogP contribution < -0.4 is 5.32 Å². The standard InChI is InChI=1S/C15H19F3N2O/c1-4-20-13(19-12(9(2)3)14(20)21)10-5-7-11(8-6-10)15(16,17)18/h5-9,12-13,19H,4H2,1-3H3. The van der Waals surface area contributed by atoms with Crippen LogP contribution in [0.2, 0.25) is 0 Å². The fraction of sp³-hybridized carbons (Fsp3) is 0.533. The van der Waals surface area contributed by atoms with Gasteiger partial charge in [0.05, 0.1) is 11.6 Å². The van der Waals surface area contributed by atoms with Gasteiger partial charge in [-0.05, 0) is 30.5 Å². The Balaban J connectivity index is 2.26. The summed E-state index contributed by atoms with van der Waals surface area (Å²) >= 11 is 0. The molecule has 1 N–H and O–H groups in total. The lowest BCUT2D eigenvalue weighted by Gasteiger charge is -2.23. The van der Waals surface area contributed by atoms with Gasteiger partial charge in [0.2, 0.25) is 5.91 Å². The molecule has 1 heterocycles. The summed E-state index contributed by atoms with van der Waals surface area (Å²) in [5.41, 5.74) is -0.0135. The van der Waals surface area contributed by atoms with E-state index in [1.807, 2.05) is 20.8 Å². The number of halogens is 3. The van der Waals surface area contributed by atoms with Crippen LogP contribution in [0.5, 0.6) is 0 Å². The van der Waals surface area contributed by atoms with Gasteiger partial charge in [0.15, 0.2) is 0 Å². The van der Waals surface area contributed by atoms with Crippen LogP contribution in [0, 0.1) is 5.92 Å². The summed E-state index contributed by atoms with van der Waals surface area (Å²) in [4.78, 5) is 13.9. The number of benzene rings is 1. The van der Waals surface area contributed by atoms with Crippen molar-refractivity contribution in [3.05, 3.63) is 35.4 Å². The maximum atomic E-state index is 12.6. The second-order valence-corrected chi connectivity index (χ2v) is 5.53. The quantitative estimate of drug-likeness (QED) is 0.930. The molecule has 1 aromatic rings. The maximum Gasteiger partial charge on any atom is 0.416 e. The first kappa shape index (κ1) is 15.8. The first-order valence-corrected chi connectivity index (χ1v) is 6.99. The Morgan fingerprint density at radius 2 is 1.81 bits per heavy atom. The summed E-state index contributed by atoms with van der Waals surface area (Å²) in [6.45, 7) is 6.26. The highest BCUT2D eigenvalue weighted by Crippen LogP contribution is 2.32. The van der Waals surface area contributed by atoms with Crippen molar-refractivity contribution < 1.29 is 18.0 Å². The highest BCUT2D eigenvalue weighted by Gasteiger charge is 2.40. The molecule has 3 nitrogen and oxygen atoms in total. The molecule has 0 radical (unpaired) electrons. The molecule has 1 fully saturated rings. The zero-order chi connectivity index (χ0) is 15.8. The Kier molecular flexibility index (Phi) is 4.27. The Morgan fingerprint density at radius 1 is 1.24 bits per heavy atom. The fourth-order valence-corrected chi connectivity index (χ4v) is 2.58. The summed E-state index contributed by atoms with van der Waals surface area (Å²) in [5, 5.41) is 3.21. The number of carbonyl (C=O) groups excluding carboxylic acids is 1.